The van der Waals surface area contributed by atoms with Crippen molar-refractivity contribution in [2.75, 3.05) is 39.3 Å². The van der Waals surface area contributed by atoms with Crippen LogP contribution in [0.1, 0.15) is 34.0 Å². The molecule has 0 radical (unpaired) electrons. The van der Waals surface area contributed by atoms with Crippen molar-refractivity contribution < 1.29 is 18.9 Å². The lowest BCUT2D eigenvalue weighted by atomic mass is 10.1. The van der Waals surface area contributed by atoms with Crippen molar-refractivity contribution >= 4 is 23.6 Å². The van der Waals surface area contributed by atoms with Crippen LogP contribution in [-0.4, -0.2) is 66.1 Å². The summed E-state index contributed by atoms with van der Waals surface area (Å²) < 4.78 is 5.23. The lowest BCUT2D eigenvalue weighted by Gasteiger charge is -2.33. The number of nitrogens with zero attached hydrogens (tertiary/aromatic N) is 2. The highest BCUT2D eigenvalue weighted by molar-refractivity contribution is 8.01. The van der Waals surface area contributed by atoms with E-state index in [4.69, 9.17) is 4.42 Å². The fraction of sp³-hybridized carbons (Fsp3) is 0.455. The number of thioether (sulfide) groups is 1. The molecule has 154 valence electrons. The average molecular weight is 415 g/mol. The Morgan fingerprint density at radius 1 is 1.21 bits per heavy atom. The molecule has 2 saturated heterocycles. The van der Waals surface area contributed by atoms with Gasteiger partial charge in [-0.2, -0.15) is 0 Å². The van der Waals surface area contributed by atoms with E-state index in [-0.39, 0.29) is 22.4 Å². The number of nitrogens with one attached hydrogen (secondary N) is 1. The molecule has 0 saturated carbocycles. The molecule has 1 aromatic heterocycles. The maximum atomic E-state index is 12.8. The van der Waals surface area contributed by atoms with Gasteiger partial charge in [0.15, 0.2) is 5.76 Å². The van der Waals surface area contributed by atoms with Crippen molar-refractivity contribution in [2.45, 2.75) is 24.5 Å². The normalized spacial score (nSPS) is 23.0. The zero-order chi connectivity index (χ0) is 20.4. The van der Waals surface area contributed by atoms with Crippen molar-refractivity contribution in [1.82, 2.24) is 9.80 Å². The molecule has 29 heavy (non-hydrogen) atoms. The number of aryl methyl sites for hydroxylation is 1. The Morgan fingerprint density at radius 3 is 2.66 bits per heavy atom. The van der Waals surface area contributed by atoms with Crippen molar-refractivity contribution in [3.8, 4) is 0 Å². The van der Waals surface area contributed by atoms with E-state index in [0.29, 0.717) is 5.76 Å². The predicted octanol–water partition coefficient (Wildman–Crippen LogP) is 1.59. The monoisotopic (exact) mass is 414 g/mol. The first kappa shape index (κ1) is 20.0. The van der Waals surface area contributed by atoms with Crippen molar-refractivity contribution in [2.24, 2.45) is 0 Å². The van der Waals surface area contributed by atoms with Crippen LogP contribution >= 0.6 is 11.8 Å². The molecule has 2 aliphatic heterocycles. The van der Waals surface area contributed by atoms with E-state index in [1.165, 1.54) is 22.3 Å². The van der Waals surface area contributed by atoms with E-state index in [9.17, 15) is 9.59 Å². The molecular weight excluding hydrogens is 386 g/mol. The second-order valence-corrected chi connectivity index (χ2v) is 9.21. The second kappa shape index (κ2) is 8.63. The minimum atomic E-state index is -0.0337. The highest BCUT2D eigenvalue weighted by Gasteiger charge is 2.39. The Kier molecular flexibility index (Phi) is 5.96. The molecule has 3 heterocycles. The zero-order valence-corrected chi connectivity index (χ0v) is 17.8. The fourth-order valence-electron chi connectivity index (χ4n) is 4.12. The second-order valence-electron chi connectivity index (χ2n) is 7.79. The number of furan rings is 1. The molecule has 7 heteroatoms. The summed E-state index contributed by atoms with van der Waals surface area (Å²) in [5.41, 5.74) is 2.47. The third-order valence-electron chi connectivity index (χ3n) is 5.90. The van der Waals surface area contributed by atoms with Gasteiger partial charge in [-0.3, -0.25) is 9.59 Å². The van der Waals surface area contributed by atoms with Crippen LogP contribution in [0.15, 0.2) is 47.1 Å². The molecule has 2 fully saturated rings. The zero-order valence-electron chi connectivity index (χ0n) is 17.0. The molecule has 0 aliphatic carbocycles. The van der Waals surface area contributed by atoms with Gasteiger partial charge in [-0.25, -0.2) is 0 Å². The van der Waals surface area contributed by atoms with Gasteiger partial charge in [-0.05, 0) is 37.1 Å². The van der Waals surface area contributed by atoms with Gasteiger partial charge < -0.3 is 19.1 Å². The number of hydrogen-bond acceptors (Lipinski definition) is 4. The van der Waals surface area contributed by atoms with Gasteiger partial charge in [0.05, 0.1) is 50.8 Å². The van der Waals surface area contributed by atoms with Crippen LogP contribution in [-0.2, 0) is 4.79 Å². The van der Waals surface area contributed by atoms with Crippen LogP contribution in [0.3, 0.4) is 0 Å². The third-order valence-corrected chi connectivity index (χ3v) is 7.27. The minimum Gasteiger partial charge on any atom is -0.459 e. The predicted molar refractivity (Wildman–Crippen MR) is 113 cm³/mol. The van der Waals surface area contributed by atoms with Gasteiger partial charge in [0.1, 0.15) is 5.37 Å². The molecule has 6 nitrogen and oxygen atoms in total. The fourth-order valence-corrected chi connectivity index (χ4v) is 5.52. The van der Waals surface area contributed by atoms with E-state index >= 15 is 0 Å². The summed E-state index contributed by atoms with van der Waals surface area (Å²) in [7, 11) is 0. The van der Waals surface area contributed by atoms with Crippen molar-refractivity contribution in [1.29, 1.82) is 0 Å². The molecule has 0 bridgehead atoms. The number of amides is 2. The number of quaternary nitrogens is 1. The van der Waals surface area contributed by atoms with Gasteiger partial charge in [0.2, 0.25) is 5.91 Å². The standard InChI is InChI=1S/C22H27N3O3S/c1-16-6-3-4-7-18(16)22-25(20(26)17(2)29-22)14-11-23-9-12-24(13-10-23)21(27)19-8-5-15-28-19/h3-8,15,17,22H,9-14H2,1-2H3/p+1/t17-,22-/m1/s1. The van der Waals surface area contributed by atoms with Crippen LogP contribution in [0.4, 0.5) is 0 Å². The molecule has 0 spiro atoms. The molecule has 4 rings (SSSR count). The van der Waals surface area contributed by atoms with Crippen LogP contribution in [0.5, 0.6) is 0 Å². The summed E-state index contributed by atoms with van der Waals surface area (Å²) in [4.78, 5) is 30.5. The summed E-state index contributed by atoms with van der Waals surface area (Å²) in [6.07, 6.45) is 1.53. The lowest BCUT2D eigenvalue weighted by Crippen LogP contribution is -3.15. The number of piperazine rings is 1. The van der Waals surface area contributed by atoms with Crippen LogP contribution in [0, 0.1) is 6.92 Å². The molecule has 2 aliphatic rings. The van der Waals surface area contributed by atoms with E-state index < -0.39 is 0 Å². The number of carbonyl (C=O) groups is 2. The number of benzene rings is 1. The quantitative estimate of drug-likeness (QED) is 0.807. The molecule has 1 N–H and O–H groups in total. The Balaban J connectivity index is 1.34. The summed E-state index contributed by atoms with van der Waals surface area (Å²) >= 11 is 1.74. The molecule has 1 aromatic carbocycles. The van der Waals surface area contributed by atoms with Crippen LogP contribution in [0.2, 0.25) is 0 Å². The molecular formula is C22H28N3O3S+. The molecule has 2 amide bonds. The molecule has 0 unspecified atom stereocenters. The number of rotatable bonds is 5. The summed E-state index contributed by atoms with van der Waals surface area (Å²) in [5, 5.41) is 0.0947. The first-order valence-electron chi connectivity index (χ1n) is 10.2. The number of carbonyl (C=O) groups excluding carboxylic acids is 2. The highest BCUT2D eigenvalue weighted by atomic mass is 32.2. The minimum absolute atomic E-state index is 0.00243. The maximum Gasteiger partial charge on any atom is 0.289 e. The van der Waals surface area contributed by atoms with Gasteiger partial charge in [0.25, 0.3) is 5.91 Å². The molecule has 2 atom stereocenters. The topological polar surface area (TPSA) is 58.2 Å². The Morgan fingerprint density at radius 2 is 1.97 bits per heavy atom. The average Bonchev–Trinajstić information content (AvgIpc) is 3.36. The Hall–Kier alpha value is -2.25. The van der Waals surface area contributed by atoms with E-state index in [2.05, 4.69) is 25.1 Å². The lowest BCUT2D eigenvalue weighted by molar-refractivity contribution is -0.903. The molecule has 2 aromatic rings. The third kappa shape index (κ3) is 4.21. The first-order valence-corrected chi connectivity index (χ1v) is 11.2. The van der Waals surface area contributed by atoms with Gasteiger partial charge in [-0.15, -0.1) is 11.8 Å². The SMILES string of the molecule is Cc1ccccc1[C@H]1S[C@H](C)C(=O)N1CC[NH+]1CCN(C(=O)c2ccco2)CC1. The summed E-state index contributed by atoms with van der Waals surface area (Å²) in [6, 6.07) is 11.8. The van der Waals surface area contributed by atoms with Crippen molar-refractivity contribution in [3.63, 3.8) is 0 Å². The summed E-state index contributed by atoms with van der Waals surface area (Å²) in [6.45, 7) is 9.00. The van der Waals surface area contributed by atoms with Gasteiger partial charge in [0, 0.05) is 0 Å². The largest absolute Gasteiger partial charge is 0.459 e. The van der Waals surface area contributed by atoms with E-state index in [0.717, 1.165) is 39.3 Å². The van der Waals surface area contributed by atoms with Gasteiger partial charge in [-0.1, -0.05) is 24.3 Å². The summed E-state index contributed by atoms with van der Waals surface area (Å²) in [5.74, 6) is 0.603. The van der Waals surface area contributed by atoms with E-state index in [1.807, 2.05) is 22.8 Å². The smallest absolute Gasteiger partial charge is 0.289 e. The Labute approximate surface area is 175 Å². The van der Waals surface area contributed by atoms with Crippen LogP contribution in [0.25, 0.3) is 0 Å². The maximum absolute atomic E-state index is 12.8. The Bertz CT molecular complexity index is 862. The van der Waals surface area contributed by atoms with Gasteiger partial charge >= 0.3 is 0 Å². The van der Waals surface area contributed by atoms with Crippen LogP contribution < -0.4 is 4.90 Å². The van der Waals surface area contributed by atoms with Crippen molar-refractivity contribution in [3.05, 3.63) is 59.5 Å². The number of hydrogen-bond donors (Lipinski definition) is 1. The van der Waals surface area contributed by atoms with E-state index in [1.54, 1.807) is 23.9 Å². The highest BCUT2D eigenvalue weighted by Crippen LogP contribution is 2.43. The first-order chi connectivity index (χ1) is 14.0.